The Bertz CT molecular complexity index is 1250. The van der Waals surface area contributed by atoms with Gasteiger partial charge in [0.15, 0.2) is 0 Å². The highest BCUT2D eigenvalue weighted by molar-refractivity contribution is 7.89. The van der Waals surface area contributed by atoms with Crippen molar-refractivity contribution < 1.29 is 13.2 Å². The third kappa shape index (κ3) is 6.16. The smallest absolute Gasteiger partial charge is 0.243 e. The number of carbonyl (C=O) groups is 1. The molecule has 1 N–H and O–H groups in total. The molecule has 0 aliphatic carbocycles. The van der Waals surface area contributed by atoms with E-state index < -0.39 is 22.5 Å². The van der Waals surface area contributed by atoms with E-state index in [2.05, 4.69) is 5.32 Å². The van der Waals surface area contributed by atoms with Crippen molar-refractivity contribution in [2.24, 2.45) is 0 Å². The van der Waals surface area contributed by atoms with Crippen LogP contribution in [0.2, 0.25) is 20.1 Å². The summed E-state index contributed by atoms with van der Waals surface area (Å²) in [5.41, 5.74) is 1.86. The van der Waals surface area contributed by atoms with E-state index in [4.69, 9.17) is 46.4 Å². The molecule has 0 saturated carbocycles. The molecule has 0 aliphatic heterocycles. The molecular formula is C22H18Cl4N2O3S. The largest absolute Gasteiger partial charge is 0.325 e. The molecule has 0 radical (unpaired) electrons. The van der Waals surface area contributed by atoms with E-state index >= 15 is 0 Å². The number of nitrogens with one attached hydrogen (secondary N) is 1. The first-order valence-corrected chi connectivity index (χ1v) is 12.3. The van der Waals surface area contributed by atoms with Crippen molar-refractivity contribution in [2.45, 2.75) is 18.4 Å². The van der Waals surface area contributed by atoms with E-state index in [0.29, 0.717) is 26.3 Å². The van der Waals surface area contributed by atoms with Crippen molar-refractivity contribution in [1.82, 2.24) is 4.31 Å². The minimum Gasteiger partial charge on any atom is -0.325 e. The Balaban J connectivity index is 1.92. The molecule has 1 amide bonds. The van der Waals surface area contributed by atoms with Crippen molar-refractivity contribution in [2.75, 3.05) is 11.9 Å². The van der Waals surface area contributed by atoms with Gasteiger partial charge in [0.05, 0.1) is 21.5 Å². The Morgan fingerprint density at radius 2 is 1.53 bits per heavy atom. The van der Waals surface area contributed by atoms with Crippen molar-refractivity contribution in [1.29, 1.82) is 0 Å². The molecule has 0 spiro atoms. The van der Waals surface area contributed by atoms with E-state index in [1.54, 1.807) is 36.4 Å². The molecule has 3 aromatic carbocycles. The Morgan fingerprint density at radius 3 is 2.19 bits per heavy atom. The van der Waals surface area contributed by atoms with Crippen LogP contribution in [-0.4, -0.2) is 25.2 Å². The van der Waals surface area contributed by atoms with E-state index in [1.165, 1.54) is 24.3 Å². The third-order valence-electron chi connectivity index (χ3n) is 4.59. The second-order valence-corrected chi connectivity index (χ2v) is 10.6. The first-order chi connectivity index (χ1) is 15.1. The van der Waals surface area contributed by atoms with Gasteiger partial charge < -0.3 is 5.32 Å². The molecule has 0 saturated heterocycles. The average molecular weight is 532 g/mol. The normalized spacial score (nSPS) is 11.6. The zero-order valence-corrected chi connectivity index (χ0v) is 20.6. The molecular weight excluding hydrogens is 514 g/mol. The lowest BCUT2D eigenvalue weighted by molar-refractivity contribution is -0.116. The van der Waals surface area contributed by atoms with Gasteiger partial charge in [-0.2, -0.15) is 4.31 Å². The average Bonchev–Trinajstić information content (AvgIpc) is 2.73. The summed E-state index contributed by atoms with van der Waals surface area (Å²) < 4.78 is 27.7. The van der Waals surface area contributed by atoms with E-state index in [1.807, 2.05) is 6.92 Å². The van der Waals surface area contributed by atoms with Gasteiger partial charge in [-0.1, -0.05) is 58.5 Å². The lowest BCUT2D eigenvalue weighted by Crippen LogP contribution is -2.37. The minimum atomic E-state index is -4.03. The molecule has 0 aliphatic rings. The molecule has 10 heteroatoms. The van der Waals surface area contributed by atoms with Crippen LogP contribution in [0, 0.1) is 6.92 Å². The van der Waals surface area contributed by atoms with Crippen molar-refractivity contribution in [3.8, 4) is 0 Å². The van der Waals surface area contributed by atoms with Gasteiger partial charge in [0.25, 0.3) is 0 Å². The van der Waals surface area contributed by atoms with Gasteiger partial charge in [0, 0.05) is 22.3 Å². The number of rotatable bonds is 7. The molecule has 0 atom stereocenters. The summed E-state index contributed by atoms with van der Waals surface area (Å²) >= 11 is 24.0. The highest BCUT2D eigenvalue weighted by Crippen LogP contribution is 2.26. The molecule has 168 valence electrons. The third-order valence-corrected chi connectivity index (χ3v) is 7.62. The van der Waals surface area contributed by atoms with Gasteiger partial charge in [-0.15, -0.1) is 0 Å². The molecule has 0 unspecified atom stereocenters. The maximum atomic E-state index is 13.3. The molecule has 0 bridgehead atoms. The summed E-state index contributed by atoms with van der Waals surface area (Å²) in [6, 6.07) is 15.6. The molecule has 3 aromatic rings. The van der Waals surface area contributed by atoms with Crippen LogP contribution in [0.1, 0.15) is 11.1 Å². The fraction of sp³-hybridized carbons (Fsp3) is 0.136. The number of sulfonamides is 1. The zero-order chi connectivity index (χ0) is 23.5. The topological polar surface area (TPSA) is 66.5 Å². The van der Waals surface area contributed by atoms with Crippen LogP contribution in [0.4, 0.5) is 5.69 Å². The fourth-order valence-electron chi connectivity index (χ4n) is 2.90. The molecule has 5 nitrogen and oxygen atoms in total. The van der Waals surface area contributed by atoms with Crippen LogP contribution < -0.4 is 5.32 Å². The number of hydrogen-bond acceptors (Lipinski definition) is 3. The molecule has 0 fully saturated rings. The summed E-state index contributed by atoms with van der Waals surface area (Å²) in [7, 11) is -4.03. The predicted molar refractivity (Wildman–Crippen MR) is 130 cm³/mol. The quantitative estimate of drug-likeness (QED) is 0.381. The highest BCUT2D eigenvalue weighted by Gasteiger charge is 2.27. The fourth-order valence-corrected chi connectivity index (χ4v) is 4.91. The van der Waals surface area contributed by atoms with Crippen LogP contribution >= 0.6 is 46.4 Å². The van der Waals surface area contributed by atoms with Crippen molar-refractivity contribution >= 4 is 68.0 Å². The molecule has 0 heterocycles. The van der Waals surface area contributed by atoms with Gasteiger partial charge in [-0.3, -0.25) is 4.79 Å². The maximum absolute atomic E-state index is 13.3. The maximum Gasteiger partial charge on any atom is 0.243 e. The van der Waals surface area contributed by atoms with Gasteiger partial charge >= 0.3 is 0 Å². The van der Waals surface area contributed by atoms with Gasteiger partial charge in [-0.25, -0.2) is 8.42 Å². The number of hydrogen-bond donors (Lipinski definition) is 1. The van der Waals surface area contributed by atoms with Gasteiger partial charge in [0.1, 0.15) is 0 Å². The number of anilines is 1. The number of amides is 1. The first-order valence-electron chi connectivity index (χ1n) is 9.32. The summed E-state index contributed by atoms with van der Waals surface area (Å²) in [4.78, 5) is 12.8. The van der Waals surface area contributed by atoms with Crippen molar-refractivity contribution in [3.63, 3.8) is 0 Å². The monoisotopic (exact) mass is 530 g/mol. The van der Waals surface area contributed by atoms with E-state index in [-0.39, 0.29) is 16.5 Å². The van der Waals surface area contributed by atoms with Crippen LogP contribution in [0.15, 0.2) is 65.6 Å². The lowest BCUT2D eigenvalue weighted by atomic mass is 10.2. The highest BCUT2D eigenvalue weighted by atomic mass is 35.5. The molecule has 0 aromatic heterocycles. The number of carbonyl (C=O) groups excluding carboxylic acids is 1. The summed E-state index contributed by atoms with van der Waals surface area (Å²) in [5.74, 6) is -0.520. The Hall–Kier alpha value is -1.80. The Labute approximate surface area is 206 Å². The van der Waals surface area contributed by atoms with E-state index in [0.717, 1.165) is 9.87 Å². The van der Waals surface area contributed by atoms with Crippen LogP contribution in [0.3, 0.4) is 0 Å². The predicted octanol–water partition coefficient (Wildman–Crippen LogP) is 6.44. The van der Waals surface area contributed by atoms with Crippen LogP contribution in [0.25, 0.3) is 0 Å². The van der Waals surface area contributed by atoms with Gasteiger partial charge in [-0.05, 0) is 66.6 Å². The Morgan fingerprint density at radius 1 is 0.875 bits per heavy atom. The number of nitrogens with zero attached hydrogens (tertiary/aromatic N) is 1. The number of benzene rings is 3. The summed E-state index contributed by atoms with van der Waals surface area (Å²) in [6.45, 7) is 1.28. The second kappa shape index (κ2) is 10.4. The first kappa shape index (κ1) is 24.8. The van der Waals surface area contributed by atoms with Crippen molar-refractivity contribution in [3.05, 3.63) is 91.9 Å². The standard InChI is InChI=1S/C22H18Cl4N2O3S/c1-14-2-4-17(24)11-21(14)27-22(29)13-28(12-15-3-9-19(25)20(26)10-15)32(30,31)18-7-5-16(23)6-8-18/h2-11H,12-13H2,1H3,(H,27,29). The number of halogens is 4. The SMILES string of the molecule is Cc1ccc(Cl)cc1NC(=O)CN(Cc1ccc(Cl)c(Cl)c1)S(=O)(=O)c1ccc(Cl)cc1. The number of aryl methyl sites for hydroxylation is 1. The van der Waals surface area contributed by atoms with Gasteiger partial charge in [0.2, 0.25) is 15.9 Å². The summed E-state index contributed by atoms with van der Waals surface area (Å²) in [5, 5.41) is 4.20. The lowest BCUT2D eigenvalue weighted by Gasteiger charge is -2.22. The van der Waals surface area contributed by atoms with Crippen LogP contribution in [-0.2, 0) is 21.4 Å². The zero-order valence-electron chi connectivity index (χ0n) is 16.8. The molecule has 3 rings (SSSR count). The minimum absolute atomic E-state index is 0.00805. The second-order valence-electron chi connectivity index (χ2n) is 6.98. The summed E-state index contributed by atoms with van der Waals surface area (Å²) in [6.07, 6.45) is 0. The molecule has 32 heavy (non-hydrogen) atoms. The Kier molecular flexibility index (Phi) is 8.09. The van der Waals surface area contributed by atoms with Crippen LogP contribution in [0.5, 0.6) is 0 Å². The van der Waals surface area contributed by atoms with E-state index in [9.17, 15) is 13.2 Å².